The molecule has 0 aliphatic rings. The van der Waals surface area contributed by atoms with Crippen LogP contribution in [-0.4, -0.2) is 22.2 Å². The van der Waals surface area contributed by atoms with Crippen LogP contribution >= 0.6 is 0 Å². The Morgan fingerprint density at radius 3 is 2.64 bits per heavy atom. The zero-order valence-corrected chi connectivity index (χ0v) is 14.8. The Bertz CT molecular complexity index is 1160. The molecule has 0 saturated carbocycles. The van der Waals surface area contributed by atoms with E-state index in [0.29, 0.717) is 16.8 Å². The van der Waals surface area contributed by atoms with Crippen LogP contribution in [0.15, 0.2) is 75.9 Å². The first-order chi connectivity index (χ1) is 13.6. The molecule has 0 saturated heterocycles. The van der Waals surface area contributed by atoms with Gasteiger partial charge in [-0.05, 0) is 42.5 Å². The van der Waals surface area contributed by atoms with E-state index in [9.17, 15) is 14.0 Å². The van der Waals surface area contributed by atoms with Gasteiger partial charge in [-0.1, -0.05) is 18.2 Å². The van der Waals surface area contributed by atoms with Gasteiger partial charge in [0.2, 0.25) is 0 Å². The molecule has 0 fully saturated rings. The SMILES string of the molecule is O=C(NCCn1nc(-c2ccc(F)cc2)ccc1=O)c1cc2ccccc2o1. The molecule has 0 radical (unpaired) electrons. The molecule has 0 spiro atoms. The van der Waals surface area contributed by atoms with Crippen molar-refractivity contribution in [1.29, 1.82) is 0 Å². The second-order valence-electron chi connectivity index (χ2n) is 6.19. The Morgan fingerprint density at radius 1 is 1.07 bits per heavy atom. The lowest BCUT2D eigenvalue weighted by Gasteiger charge is -2.08. The minimum absolute atomic E-state index is 0.194. The van der Waals surface area contributed by atoms with Gasteiger partial charge in [-0.3, -0.25) is 9.59 Å². The number of nitrogens with zero attached hydrogens (tertiary/aromatic N) is 2. The zero-order chi connectivity index (χ0) is 19.5. The summed E-state index contributed by atoms with van der Waals surface area (Å²) in [6, 6.07) is 17.9. The molecule has 28 heavy (non-hydrogen) atoms. The number of hydrogen-bond acceptors (Lipinski definition) is 4. The van der Waals surface area contributed by atoms with Crippen LogP contribution in [0, 0.1) is 5.82 Å². The molecule has 7 heteroatoms. The number of aromatic nitrogens is 2. The third-order valence-corrected chi connectivity index (χ3v) is 4.27. The van der Waals surface area contributed by atoms with Gasteiger partial charge in [0.25, 0.3) is 11.5 Å². The van der Waals surface area contributed by atoms with Gasteiger partial charge in [0, 0.05) is 23.6 Å². The Hall–Kier alpha value is -3.74. The van der Waals surface area contributed by atoms with E-state index in [1.54, 1.807) is 30.3 Å². The van der Waals surface area contributed by atoms with Crippen molar-refractivity contribution in [3.8, 4) is 11.3 Å². The van der Waals surface area contributed by atoms with Crippen LogP contribution in [-0.2, 0) is 6.54 Å². The first-order valence-electron chi connectivity index (χ1n) is 8.71. The summed E-state index contributed by atoms with van der Waals surface area (Å²) in [5.74, 6) is -0.495. The van der Waals surface area contributed by atoms with Crippen LogP contribution in [0.5, 0.6) is 0 Å². The molecule has 2 aromatic carbocycles. The van der Waals surface area contributed by atoms with Crippen LogP contribution < -0.4 is 10.9 Å². The number of hydrogen-bond donors (Lipinski definition) is 1. The third-order valence-electron chi connectivity index (χ3n) is 4.27. The number of furan rings is 1. The number of carbonyl (C=O) groups excluding carboxylic acids is 1. The summed E-state index contributed by atoms with van der Waals surface area (Å²) < 4.78 is 19.9. The van der Waals surface area contributed by atoms with Gasteiger partial charge in [-0.2, -0.15) is 5.10 Å². The number of carbonyl (C=O) groups is 1. The van der Waals surface area contributed by atoms with Gasteiger partial charge in [0.1, 0.15) is 11.4 Å². The summed E-state index contributed by atoms with van der Waals surface area (Å²) in [4.78, 5) is 24.3. The average molecular weight is 377 g/mol. The highest BCUT2D eigenvalue weighted by Crippen LogP contribution is 2.18. The van der Waals surface area contributed by atoms with Crippen LogP contribution in [0.1, 0.15) is 10.6 Å². The number of benzene rings is 2. The molecule has 4 aromatic rings. The van der Waals surface area contributed by atoms with Gasteiger partial charge in [-0.15, -0.1) is 0 Å². The molecule has 4 rings (SSSR count). The van der Waals surface area contributed by atoms with Crippen LogP contribution in [0.25, 0.3) is 22.2 Å². The Kier molecular flexibility index (Phi) is 4.72. The molecular formula is C21H16FN3O3. The van der Waals surface area contributed by atoms with Crippen molar-refractivity contribution in [1.82, 2.24) is 15.1 Å². The molecule has 6 nitrogen and oxygen atoms in total. The maximum Gasteiger partial charge on any atom is 0.287 e. The first kappa shape index (κ1) is 17.7. The molecule has 0 aliphatic heterocycles. The zero-order valence-electron chi connectivity index (χ0n) is 14.8. The molecule has 2 heterocycles. The highest BCUT2D eigenvalue weighted by atomic mass is 19.1. The fraction of sp³-hybridized carbons (Fsp3) is 0.0952. The van der Waals surface area contributed by atoms with Gasteiger partial charge < -0.3 is 9.73 Å². The Balaban J connectivity index is 1.44. The van der Waals surface area contributed by atoms with E-state index in [2.05, 4.69) is 10.4 Å². The van der Waals surface area contributed by atoms with Crippen molar-refractivity contribution < 1.29 is 13.6 Å². The minimum atomic E-state index is -0.362. The quantitative estimate of drug-likeness (QED) is 0.579. The van der Waals surface area contributed by atoms with E-state index < -0.39 is 0 Å². The molecule has 1 N–H and O–H groups in total. The fourth-order valence-corrected chi connectivity index (χ4v) is 2.84. The maximum absolute atomic E-state index is 13.1. The molecule has 140 valence electrons. The lowest BCUT2D eigenvalue weighted by Crippen LogP contribution is -2.31. The normalized spacial score (nSPS) is 10.9. The number of para-hydroxylation sites is 1. The summed E-state index contributed by atoms with van der Waals surface area (Å²) >= 11 is 0. The van der Waals surface area contributed by atoms with E-state index in [0.717, 1.165) is 5.39 Å². The van der Waals surface area contributed by atoms with E-state index >= 15 is 0 Å². The molecule has 0 atom stereocenters. The standard InChI is InChI=1S/C21H16FN3O3/c22-16-7-5-14(6-8-16)17-9-10-20(26)25(24-17)12-11-23-21(27)19-13-15-3-1-2-4-18(15)28-19/h1-10,13H,11-12H2,(H,23,27). The number of fused-ring (bicyclic) bond motifs is 1. The predicted octanol–water partition coefficient (Wildman–Crippen LogP) is 3.23. The van der Waals surface area contributed by atoms with Crippen molar-refractivity contribution in [2.24, 2.45) is 0 Å². The maximum atomic E-state index is 13.1. The van der Waals surface area contributed by atoms with Gasteiger partial charge in [0.15, 0.2) is 5.76 Å². The van der Waals surface area contributed by atoms with Crippen LogP contribution in [0.3, 0.4) is 0 Å². The summed E-state index contributed by atoms with van der Waals surface area (Å²) in [6.45, 7) is 0.398. The summed E-state index contributed by atoms with van der Waals surface area (Å²) in [5, 5.41) is 7.85. The van der Waals surface area contributed by atoms with Crippen molar-refractivity contribution in [2.45, 2.75) is 6.54 Å². The van der Waals surface area contributed by atoms with Crippen LogP contribution in [0.4, 0.5) is 4.39 Å². The highest BCUT2D eigenvalue weighted by Gasteiger charge is 2.12. The van der Waals surface area contributed by atoms with E-state index in [-0.39, 0.29) is 36.1 Å². The summed E-state index contributed by atoms with van der Waals surface area (Å²) in [6.07, 6.45) is 0. The fourth-order valence-electron chi connectivity index (χ4n) is 2.84. The predicted molar refractivity (Wildman–Crippen MR) is 102 cm³/mol. The van der Waals surface area contributed by atoms with Gasteiger partial charge in [0.05, 0.1) is 12.2 Å². The molecule has 0 bridgehead atoms. The largest absolute Gasteiger partial charge is 0.451 e. The number of halogens is 1. The Labute approximate surface area is 159 Å². The van der Waals surface area contributed by atoms with Gasteiger partial charge >= 0.3 is 0 Å². The van der Waals surface area contributed by atoms with Crippen molar-refractivity contribution in [3.05, 3.63) is 88.7 Å². The topological polar surface area (TPSA) is 77.1 Å². The third kappa shape index (κ3) is 3.68. The molecular weight excluding hydrogens is 361 g/mol. The van der Waals surface area contributed by atoms with Crippen molar-refractivity contribution in [2.75, 3.05) is 6.54 Å². The highest BCUT2D eigenvalue weighted by molar-refractivity contribution is 5.96. The summed E-state index contributed by atoms with van der Waals surface area (Å²) in [7, 11) is 0. The first-order valence-corrected chi connectivity index (χ1v) is 8.71. The number of amides is 1. The molecule has 1 amide bonds. The Morgan fingerprint density at radius 2 is 1.86 bits per heavy atom. The second kappa shape index (κ2) is 7.48. The number of rotatable bonds is 5. The van der Waals surface area contributed by atoms with E-state index in [1.165, 1.54) is 22.9 Å². The van der Waals surface area contributed by atoms with Crippen molar-refractivity contribution >= 4 is 16.9 Å². The molecule has 0 aliphatic carbocycles. The van der Waals surface area contributed by atoms with E-state index in [4.69, 9.17) is 4.42 Å². The van der Waals surface area contributed by atoms with Gasteiger partial charge in [-0.25, -0.2) is 9.07 Å². The lowest BCUT2D eigenvalue weighted by atomic mass is 10.1. The van der Waals surface area contributed by atoms with E-state index in [1.807, 2.05) is 18.2 Å². The molecule has 2 aromatic heterocycles. The minimum Gasteiger partial charge on any atom is -0.451 e. The number of nitrogens with one attached hydrogen (secondary N) is 1. The average Bonchev–Trinajstić information content (AvgIpc) is 3.14. The second-order valence-corrected chi connectivity index (χ2v) is 6.19. The smallest absolute Gasteiger partial charge is 0.287 e. The monoisotopic (exact) mass is 377 g/mol. The summed E-state index contributed by atoms with van der Waals surface area (Å²) in [5.41, 5.74) is 1.59. The van der Waals surface area contributed by atoms with Crippen molar-refractivity contribution in [3.63, 3.8) is 0 Å². The molecule has 0 unspecified atom stereocenters. The lowest BCUT2D eigenvalue weighted by molar-refractivity contribution is 0.0926. The van der Waals surface area contributed by atoms with Crippen LogP contribution in [0.2, 0.25) is 0 Å².